The van der Waals surface area contributed by atoms with Crippen LogP contribution in [0, 0.1) is 5.92 Å². The van der Waals surface area contributed by atoms with E-state index in [1.807, 2.05) is 36.2 Å². The van der Waals surface area contributed by atoms with Gasteiger partial charge in [0.05, 0.1) is 12.1 Å². The highest BCUT2D eigenvalue weighted by molar-refractivity contribution is 5.89. The second-order valence-corrected chi connectivity index (χ2v) is 6.58. The topological polar surface area (TPSA) is 94.0 Å². The number of nitrogens with two attached hydrogens (primary N) is 1. The SMILES string of the molecule is CC(C)Cc1noc(CN(C)c2nc(CCN)nc3ccccc23)n1. The third-order valence-corrected chi connectivity index (χ3v) is 3.83. The lowest BCUT2D eigenvalue weighted by Gasteiger charge is -2.18. The van der Waals surface area contributed by atoms with Crippen LogP contribution in [0.2, 0.25) is 0 Å². The maximum atomic E-state index is 5.67. The van der Waals surface area contributed by atoms with E-state index in [1.54, 1.807) is 0 Å². The zero-order chi connectivity index (χ0) is 17.8. The van der Waals surface area contributed by atoms with E-state index in [9.17, 15) is 0 Å². The van der Waals surface area contributed by atoms with Crippen molar-refractivity contribution in [1.82, 2.24) is 20.1 Å². The fraction of sp³-hybridized carbons (Fsp3) is 0.444. The minimum atomic E-state index is 0.493. The summed E-state index contributed by atoms with van der Waals surface area (Å²) in [5.41, 5.74) is 6.58. The van der Waals surface area contributed by atoms with E-state index in [0.717, 1.165) is 34.8 Å². The lowest BCUT2D eigenvalue weighted by molar-refractivity contribution is 0.370. The number of rotatable bonds is 7. The van der Waals surface area contributed by atoms with Crippen molar-refractivity contribution in [3.05, 3.63) is 41.8 Å². The predicted molar refractivity (Wildman–Crippen MR) is 97.2 cm³/mol. The molecule has 0 amide bonds. The van der Waals surface area contributed by atoms with Crippen molar-refractivity contribution < 1.29 is 4.52 Å². The molecule has 0 spiro atoms. The number of benzene rings is 1. The Morgan fingerprint density at radius 3 is 2.68 bits per heavy atom. The number of para-hydroxylation sites is 1. The monoisotopic (exact) mass is 340 g/mol. The number of fused-ring (bicyclic) bond motifs is 1. The quantitative estimate of drug-likeness (QED) is 0.705. The van der Waals surface area contributed by atoms with Gasteiger partial charge < -0.3 is 15.2 Å². The zero-order valence-electron chi connectivity index (χ0n) is 14.9. The van der Waals surface area contributed by atoms with Gasteiger partial charge in [-0.2, -0.15) is 4.98 Å². The van der Waals surface area contributed by atoms with Crippen molar-refractivity contribution in [2.24, 2.45) is 11.7 Å². The first-order chi connectivity index (χ1) is 12.1. The maximum Gasteiger partial charge on any atom is 0.246 e. The normalized spacial score (nSPS) is 11.4. The van der Waals surface area contributed by atoms with Gasteiger partial charge in [-0.1, -0.05) is 31.1 Å². The van der Waals surface area contributed by atoms with Gasteiger partial charge in [0, 0.05) is 25.3 Å². The maximum absolute atomic E-state index is 5.67. The first kappa shape index (κ1) is 17.3. The zero-order valence-corrected chi connectivity index (χ0v) is 14.9. The van der Waals surface area contributed by atoms with Gasteiger partial charge in [-0.3, -0.25) is 0 Å². The third kappa shape index (κ3) is 4.11. The number of hydrogen-bond donors (Lipinski definition) is 1. The Kier molecular flexibility index (Phi) is 5.23. The van der Waals surface area contributed by atoms with Gasteiger partial charge in [0.15, 0.2) is 5.82 Å². The van der Waals surface area contributed by atoms with Gasteiger partial charge in [-0.25, -0.2) is 9.97 Å². The van der Waals surface area contributed by atoms with Gasteiger partial charge in [-0.15, -0.1) is 0 Å². The molecular weight excluding hydrogens is 316 g/mol. The van der Waals surface area contributed by atoms with Crippen LogP contribution in [0.5, 0.6) is 0 Å². The highest BCUT2D eigenvalue weighted by Crippen LogP contribution is 2.24. The summed E-state index contributed by atoms with van der Waals surface area (Å²) >= 11 is 0. The Morgan fingerprint density at radius 2 is 1.92 bits per heavy atom. The molecule has 0 unspecified atom stereocenters. The van der Waals surface area contributed by atoms with Crippen LogP contribution in [0.3, 0.4) is 0 Å². The molecule has 2 heterocycles. The molecule has 2 aromatic heterocycles. The minimum Gasteiger partial charge on any atom is -0.350 e. The van der Waals surface area contributed by atoms with Crippen molar-refractivity contribution in [3.8, 4) is 0 Å². The predicted octanol–water partition coefficient (Wildman–Crippen LogP) is 2.35. The van der Waals surface area contributed by atoms with Crippen LogP contribution in [-0.4, -0.2) is 33.7 Å². The smallest absolute Gasteiger partial charge is 0.246 e. The molecule has 7 heteroatoms. The van der Waals surface area contributed by atoms with Gasteiger partial charge in [0.1, 0.15) is 11.6 Å². The summed E-state index contributed by atoms with van der Waals surface area (Å²) in [6.45, 7) is 5.28. The molecule has 0 aliphatic heterocycles. The molecule has 7 nitrogen and oxygen atoms in total. The fourth-order valence-corrected chi connectivity index (χ4v) is 2.72. The molecule has 0 saturated carbocycles. The van der Waals surface area contributed by atoms with E-state index < -0.39 is 0 Å². The molecule has 1 aromatic carbocycles. The molecule has 25 heavy (non-hydrogen) atoms. The summed E-state index contributed by atoms with van der Waals surface area (Å²) in [4.78, 5) is 15.8. The van der Waals surface area contributed by atoms with Gasteiger partial charge >= 0.3 is 0 Å². The van der Waals surface area contributed by atoms with Crippen molar-refractivity contribution >= 4 is 16.7 Å². The van der Waals surface area contributed by atoms with E-state index in [4.69, 9.17) is 10.3 Å². The Hall–Kier alpha value is -2.54. The molecule has 0 atom stereocenters. The summed E-state index contributed by atoms with van der Waals surface area (Å²) in [6, 6.07) is 7.97. The lowest BCUT2D eigenvalue weighted by atomic mass is 10.1. The van der Waals surface area contributed by atoms with Gasteiger partial charge in [0.25, 0.3) is 0 Å². The number of anilines is 1. The average molecular weight is 340 g/mol. The molecule has 132 valence electrons. The number of hydrogen-bond acceptors (Lipinski definition) is 7. The van der Waals surface area contributed by atoms with Crippen LogP contribution in [0.25, 0.3) is 10.9 Å². The highest BCUT2D eigenvalue weighted by Gasteiger charge is 2.15. The summed E-state index contributed by atoms with van der Waals surface area (Å²) in [6.07, 6.45) is 1.45. The van der Waals surface area contributed by atoms with E-state index in [-0.39, 0.29) is 0 Å². The van der Waals surface area contributed by atoms with Crippen LogP contribution in [-0.2, 0) is 19.4 Å². The first-order valence-corrected chi connectivity index (χ1v) is 8.55. The number of nitrogens with zero attached hydrogens (tertiary/aromatic N) is 5. The fourth-order valence-electron chi connectivity index (χ4n) is 2.72. The highest BCUT2D eigenvalue weighted by atomic mass is 16.5. The molecule has 2 N–H and O–H groups in total. The van der Waals surface area contributed by atoms with Crippen molar-refractivity contribution in [3.63, 3.8) is 0 Å². The van der Waals surface area contributed by atoms with Crippen molar-refractivity contribution in [2.45, 2.75) is 33.2 Å². The molecule has 3 aromatic rings. The molecule has 3 rings (SSSR count). The Morgan fingerprint density at radius 1 is 1.12 bits per heavy atom. The second-order valence-electron chi connectivity index (χ2n) is 6.58. The van der Waals surface area contributed by atoms with Crippen LogP contribution >= 0.6 is 0 Å². The molecule has 0 bridgehead atoms. The number of aromatic nitrogens is 4. The largest absolute Gasteiger partial charge is 0.350 e. The van der Waals surface area contributed by atoms with Gasteiger partial charge in [-0.05, 0) is 24.6 Å². The summed E-state index contributed by atoms with van der Waals surface area (Å²) < 4.78 is 5.38. The minimum absolute atomic E-state index is 0.493. The van der Waals surface area contributed by atoms with Crippen molar-refractivity contribution in [2.75, 3.05) is 18.5 Å². The Bertz CT molecular complexity index is 844. The Labute approximate surface area is 147 Å². The van der Waals surface area contributed by atoms with Crippen LogP contribution in [0.4, 0.5) is 5.82 Å². The summed E-state index contributed by atoms with van der Waals surface area (Å²) in [5, 5.41) is 5.04. The van der Waals surface area contributed by atoms with Crippen molar-refractivity contribution in [1.29, 1.82) is 0 Å². The van der Waals surface area contributed by atoms with E-state index >= 15 is 0 Å². The van der Waals surface area contributed by atoms with Crippen LogP contribution < -0.4 is 10.6 Å². The van der Waals surface area contributed by atoms with E-state index in [1.165, 1.54) is 0 Å². The third-order valence-electron chi connectivity index (χ3n) is 3.83. The second kappa shape index (κ2) is 7.57. The molecule has 0 saturated heterocycles. The van der Waals surface area contributed by atoms with E-state index in [0.29, 0.717) is 31.3 Å². The first-order valence-electron chi connectivity index (χ1n) is 8.55. The molecular formula is C18H24N6O. The molecule has 0 aliphatic carbocycles. The molecule has 0 radical (unpaired) electrons. The Balaban J connectivity index is 1.88. The summed E-state index contributed by atoms with van der Waals surface area (Å²) in [5.74, 6) is 3.41. The molecule has 0 fully saturated rings. The standard InChI is InChI=1S/C18H24N6O/c1-12(2)10-16-21-17(25-23-16)11-24(3)18-13-6-4-5-7-14(13)20-15(22-18)8-9-19/h4-7,12H,8-11,19H2,1-3H3. The van der Waals surface area contributed by atoms with Crippen LogP contribution in [0.1, 0.15) is 31.4 Å². The van der Waals surface area contributed by atoms with Crippen LogP contribution in [0.15, 0.2) is 28.8 Å². The summed E-state index contributed by atoms with van der Waals surface area (Å²) in [7, 11) is 1.97. The van der Waals surface area contributed by atoms with E-state index in [2.05, 4.69) is 34.0 Å². The average Bonchev–Trinajstić information content (AvgIpc) is 3.00. The molecule has 0 aliphatic rings. The van der Waals surface area contributed by atoms with Gasteiger partial charge in [0.2, 0.25) is 5.89 Å². The lowest BCUT2D eigenvalue weighted by Crippen LogP contribution is -2.20.